The van der Waals surface area contributed by atoms with E-state index in [2.05, 4.69) is 6.92 Å². The largest absolute Gasteiger partial charge is 0.393 e. The Balaban J connectivity index is 1.99. The van der Waals surface area contributed by atoms with Gasteiger partial charge in [-0.15, -0.1) is 0 Å². The van der Waals surface area contributed by atoms with Gasteiger partial charge < -0.3 is 4.74 Å². The molecule has 0 fully saturated rings. The summed E-state index contributed by atoms with van der Waals surface area (Å²) in [6.07, 6.45) is 10.7. The highest BCUT2D eigenvalue weighted by Gasteiger charge is 2.10. The summed E-state index contributed by atoms with van der Waals surface area (Å²) in [5.74, 6) is -0.799. The predicted octanol–water partition coefficient (Wildman–Crippen LogP) is 5.22. The van der Waals surface area contributed by atoms with E-state index in [0.717, 1.165) is 18.4 Å². The van der Waals surface area contributed by atoms with Crippen molar-refractivity contribution in [2.24, 2.45) is 0 Å². The Morgan fingerprint density at radius 1 is 0.783 bits per heavy atom. The van der Waals surface area contributed by atoms with E-state index in [0.29, 0.717) is 12.8 Å². The maximum absolute atomic E-state index is 11.6. The number of rotatable bonds is 12. The van der Waals surface area contributed by atoms with Gasteiger partial charge in [0.2, 0.25) is 0 Å². The van der Waals surface area contributed by atoms with Crippen molar-refractivity contribution >= 4 is 11.9 Å². The van der Waals surface area contributed by atoms with Crippen LogP contribution >= 0.6 is 0 Å². The zero-order chi connectivity index (χ0) is 16.8. The summed E-state index contributed by atoms with van der Waals surface area (Å²) in [6.45, 7) is 2.22. The number of unbranched alkanes of at least 4 members (excludes halogenated alkanes) is 7. The van der Waals surface area contributed by atoms with Crippen LogP contribution in [-0.4, -0.2) is 11.9 Å². The summed E-state index contributed by atoms with van der Waals surface area (Å²) in [6, 6.07) is 9.75. The molecule has 3 heteroatoms. The van der Waals surface area contributed by atoms with Gasteiger partial charge in [0.1, 0.15) is 0 Å². The number of esters is 2. The van der Waals surface area contributed by atoms with E-state index in [1.54, 1.807) is 0 Å². The van der Waals surface area contributed by atoms with Crippen molar-refractivity contribution in [2.45, 2.75) is 77.6 Å². The molecule has 0 aliphatic rings. The lowest BCUT2D eigenvalue weighted by Gasteiger charge is -2.04. The maximum atomic E-state index is 11.6. The normalized spacial score (nSPS) is 10.5. The van der Waals surface area contributed by atoms with Gasteiger partial charge in [0, 0.05) is 6.42 Å². The fourth-order valence-electron chi connectivity index (χ4n) is 2.52. The average Bonchev–Trinajstić information content (AvgIpc) is 2.56. The van der Waals surface area contributed by atoms with Crippen LogP contribution in [0.4, 0.5) is 0 Å². The Kier molecular flexibility index (Phi) is 10.9. The molecule has 0 aromatic heterocycles. The number of aryl methyl sites for hydroxylation is 1. The molecule has 0 spiro atoms. The highest BCUT2D eigenvalue weighted by molar-refractivity contribution is 5.85. The first kappa shape index (κ1) is 19.4. The van der Waals surface area contributed by atoms with Gasteiger partial charge in [-0.05, 0) is 18.4 Å². The van der Waals surface area contributed by atoms with Crippen LogP contribution in [0.3, 0.4) is 0 Å². The van der Waals surface area contributed by atoms with Gasteiger partial charge in [0.05, 0.1) is 6.42 Å². The van der Waals surface area contributed by atoms with Gasteiger partial charge in [-0.1, -0.05) is 82.2 Å². The van der Waals surface area contributed by atoms with Crippen molar-refractivity contribution in [2.75, 3.05) is 0 Å². The molecule has 128 valence electrons. The van der Waals surface area contributed by atoms with Gasteiger partial charge in [-0.3, -0.25) is 9.59 Å². The summed E-state index contributed by atoms with van der Waals surface area (Å²) in [7, 11) is 0. The van der Waals surface area contributed by atoms with Crippen molar-refractivity contribution in [1.82, 2.24) is 0 Å². The lowest BCUT2D eigenvalue weighted by Crippen LogP contribution is -2.12. The van der Waals surface area contributed by atoms with Crippen LogP contribution in [0.25, 0.3) is 0 Å². The standard InChI is InChI=1S/C20H30O3/c1-2-3-4-5-6-7-8-12-15-19(21)23-20(22)17-16-18-13-10-9-11-14-18/h9-11,13-14H,2-8,12,15-17H2,1H3. The van der Waals surface area contributed by atoms with Crippen LogP contribution in [-0.2, 0) is 20.7 Å². The van der Waals surface area contributed by atoms with E-state index in [1.807, 2.05) is 30.3 Å². The van der Waals surface area contributed by atoms with E-state index in [9.17, 15) is 9.59 Å². The minimum Gasteiger partial charge on any atom is -0.393 e. The average molecular weight is 318 g/mol. The molecule has 1 aromatic rings. The molecular weight excluding hydrogens is 288 g/mol. The van der Waals surface area contributed by atoms with Crippen molar-refractivity contribution in [3.63, 3.8) is 0 Å². The summed E-state index contributed by atoms with van der Waals surface area (Å²) >= 11 is 0. The molecule has 3 nitrogen and oxygen atoms in total. The smallest absolute Gasteiger partial charge is 0.313 e. The Morgan fingerprint density at radius 3 is 2.00 bits per heavy atom. The molecule has 0 unspecified atom stereocenters. The van der Waals surface area contributed by atoms with E-state index < -0.39 is 5.97 Å². The maximum Gasteiger partial charge on any atom is 0.313 e. The molecule has 0 radical (unpaired) electrons. The Bertz CT molecular complexity index is 439. The number of carbonyl (C=O) groups excluding carboxylic acids is 2. The lowest BCUT2D eigenvalue weighted by molar-refractivity contribution is -0.159. The summed E-state index contributed by atoms with van der Waals surface area (Å²) in [5, 5.41) is 0. The number of ether oxygens (including phenoxy) is 1. The third-order valence-corrected chi connectivity index (χ3v) is 3.92. The van der Waals surface area contributed by atoms with Crippen molar-refractivity contribution < 1.29 is 14.3 Å². The molecular formula is C20H30O3. The number of hydrogen-bond acceptors (Lipinski definition) is 3. The second-order valence-electron chi connectivity index (χ2n) is 6.06. The first-order chi connectivity index (χ1) is 11.2. The summed E-state index contributed by atoms with van der Waals surface area (Å²) < 4.78 is 4.85. The molecule has 0 amide bonds. The summed E-state index contributed by atoms with van der Waals surface area (Å²) in [4.78, 5) is 23.2. The molecule has 1 rings (SSSR count). The van der Waals surface area contributed by atoms with Crippen LogP contribution in [0.1, 0.15) is 76.7 Å². The van der Waals surface area contributed by atoms with Crippen molar-refractivity contribution in [3.05, 3.63) is 35.9 Å². The number of carbonyl (C=O) groups is 2. The van der Waals surface area contributed by atoms with Crippen LogP contribution in [0.15, 0.2) is 30.3 Å². The highest BCUT2D eigenvalue weighted by Crippen LogP contribution is 2.10. The van der Waals surface area contributed by atoms with Gasteiger partial charge >= 0.3 is 11.9 Å². The molecule has 0 aliphatic carbocycles. The molecule has 0 atom stereocenters. The number of hydrogen-bond donors (Lipinski definition) is 0. The van der Waals surface area contributed by atoms with Crippen molar-refractivity contribution in [3.8, 4) is 0 Å². The van der Waals surface area contributed by atoms with Gasteiger partial charge in [-0.2, -0.15) is 0 Å². The molecule has 0 saturated heterocycles. The van der Waals surface area contributed by atoms with Gasteiger partial charge in [-0.25, -0.2) is 0 Å². The van der Waals surface area contributed by atoms with Crippen LogP contribution in [0.2, 0.25) is 0 Å². The summed E-state index contributed by atoms with van der Waals surface area (Å²) in [5.41, 5.74) is 1.08. The van der Waals surface area contributed by atoms with Crippen LogP contribution < -0.4 is 0 Å². The Morgan fingerprint density at radius 2 is 1.35 bits per heavy atom. The first-order valence-corrected chi connectivity index (χ1v) is 8.99. The fourth-order valence-corrected chi connectivity index (χ4v) is 2.52. The monoisotopic (exact) mass is 318 g/mol. The second kappa shape index (κ2) is 12.9. The minimum absolute atomic E-state index is 0.257. The lowest BCUT2D eigenvalue weighted by atomic mass is 10.1. The topological polar surface area (TPSA) is 43.4 Å². The zero-order valence-electron chi connectivity index (χ0n) is 14.4. The minimum atomic E-state index is -0.418. The van der Waals surface area contributed by atoms with E-state index in [-0.39, 0.29) is 12.4 Å². The second-order valence-corrected chi connectivity index (χ2v) is 6.06. The zero-order valence-corrected chi connectivity index (χ0v) is 14.4. The molecule has 1 aromatic carbocycles. The first-order valence-electron chi connectivity index (χ1n) is 8.99. The Labute approximate surface area is 140 Å². The molecule has 23 heavy (non-hydrogen) atoms. The van der Waals surface area contributed by atoms with Gasteiger partial charge in [0.15, 0.2) is 0 Å². The molecule has 0 N–H and O–H groups in total. The quantitative estimate of drug-likeness (QED) is 0.301. The van der Waals surface area contributed by atoms with Crippen LogP contribution in [0.5, 0.6) is 0 Å². The molecule has 0 aliphatic heterocycles. The van der Waals surface area contributed by atoms with Gasteiger partial charge in [0.25, 0.3) is 0 Å². The predicted molar refractivity (Wildman–Crippen MR) is 93.1 cm³/mol. The van der Waals surface area contributed by atoms with E-state index >= 15 is 0 Å². The third kappa shape index (κ3) is 10.7. The van der Waals surface area contributed by atoms with E-state index in [4.69, 9.17) is 4.74 Å². The molecule has 0 saturated carbocycles. The van der Waals surface area contributed by atoms with E-state index in [1.165, 1.54) is 38.5 Å². The SMILES string of the molecule is CCCCCCCCCCC(=O)OC(=O)CCc1ccccc1. The highest BCUT2D eigenvalue weighted by atomic mass is 16.6. The van der Waals surface area contributed by atoms with Crippen LogP contribution in [0, 0.1) is 0 Å². The molecule has 0 heterocycles. The third-order valence-electron chi connectivity index (χ3n) is 3.92. The van der Waals surface area contributed by atoms with Crippen molar-refractivity contribution in [1.29, 1.82) is 0 Å². The Hall–Kier alpha value is -1.64. The molecule has 0 bridgehead atoms. The number of benzene rings is 1. The fraction of sp³-hybridized carbons (Fsp3) is 0.600.